The molecular weight excluding hydrogens is 428 g/mol. The summed E-state index contributed by atoms with van der Waals surface area (Å²) in [4.78, 5) is 28.0. The molecule has 0 spiro atoms. The van der Waals surface area contributed by atoms with Crippen LogP contribution in [0.5, 0.6) is 11.5 Å². The molecule has 0 unspecified atom stereocenters. The minimum atomic E-state index is -0.424. The quantitative estimate of drug-likeness (QED) is 0.528. The molecule has 0 aromatic heterocycles. The highest BCUT2D eigenvalue weighted by Gasteiger charge is 2.39. The molecule has 1 aliphatic rings. The van der Waals surface area contributed by atoms with Crippen molar-refractivity contribution in [2.45, 2.75) is 6.54 Å². The third-order valence-corrected chi connectivity index (χ3v) is 5.39. The molecule has 0 fully saturated rings. The highest BCUT2D eigenvalue weighted by Crippen LogP contribution is 2.35. The zero-order chi connectivity index (χ0) is 22.7. The first-order valence-electron chi connectivity index (χ1n) is 9.91. The van der Waals surface area contributed by atoms with Gasteiger partial charge in [0.15, 0.2) is 0 Å². The fourth-order valence-corrected chi connectivity index (χ4v) is 3.71. The minimum Gasteiger partial charge on any atom is -0.497 e. The van der Waals surface area contributed by atoms with Crippen LogP contribution in [0.2, 0.25) is 5.02 Å². The molecule has 2 amide bonds. The van der Waals surface area contributed by atoms with E-state index in [2.05, 4.69) is 5.32 Å². The van der Waals surface area contributed by atoms with Crippen LogP contribution in [0.15, 0.2) is 78.5 Å². The Hall–Kier alpha value is -3.77. The van der Waals surface area contributed by atoms with E-state index >= 15 is 0 Å². The summed E-state index contributed by atoms with van der Waals surface area (Å²) >= 11 is 6.15. The summed E-state index contributed by atoms with van der Waals surface area (Å²) in [5.41, 5.74) is 2.42. The summed E-state index contributed by atoms with van der Waals surface area (Å²) in [5, 5.41) is 3.58. The monoisotopic (exact) mass is 448 g/mol. The van der Waals surface area contributed by atoms with E-state index in [1.54, 1.807) is 49.6 Å². The Morgan fingerprint density at radius 1 is 0.875 bits per heavy atom. The number of hydrogen-bond donors (Lipinski definition) is 1. The Labute approximate surface area is 191 Å². The largest absolute Gasteiger partial charge is 0.497 e. The number of carbonyl (C=O) groups is 2. The molecule has 7 heteroatoms. The van der Waals surface area contributed by atoms with Gasteiger partial charge in [0.05, 0.1) is 32.0 Å². The first-order valence-corrected chi connectivity index (χ1v) is 10.3. The second-order valence-corrected chi connectivity index (χ2v) is 7.57. The topological polar surface area (TPSA) is 67.9 Å². The number of methoxy groups -OCH3 is 2. The van der Waals surface area contributed by atoms with Crippen LogP contribution in [0.1, 0.15) is 11.1 Å². The lowest BCUT2D eigenvalue weighted by Gasteiger charge is -2.16. The predicted octanol–water partition coefficient (Wildman–Crippen LogP) is 4.75. The van der Waals surface area contributed by atoms with Crippen molar-refractivity contribution in [3.8, 4) is 11.5 Å². The lowest BCUT2D eigenvalue weighted by Crippen LogP contribution is -2.32. The van der Waals surface area contributed by atoms with Gasteiger partial charge in [0.1, 0.15) is 17.2 Å². The van der Waals surface area contributed by atoms with Crippen LogP contribution >= 0.6 is 11.6 Å². The smallest absolute Gasteiger partial charge is 0.278 e. The molecule has 1 N–H and O–H groups in total. The Morgan fingerprint density at radius 3 is 2.25 bits per heavy atom. The summed E-state index contributed by atoms with van der Waals surface area (Å²) in [7, 11) is 3.11. The summed E-state index contributed by atoms with van der Waals surface area (Å²) in [6, 6.07) is 21.4. The first-order chi connectivity index (χ1) is 15.5. The van der Waals surface area contributed by atoms with Gasteiger partial charge < -0.3 is 14.8 Å². The Kier molecular flexibility index (Phi) is 6.14. The van der Waals surface area contributed by atoms with E-state index in [0.717, 1.165) is 5.56 Å². The molecule has 4 rings (SSSR count). The van der Waals surface area contributed by atoms with Gasteiger partial charge in [-0.25, -0.2) is 0 Å². The van der Waals surface area contributed by atoms with Crippen LogP contribution in [0.4, 0.5) is 5.69 Å². The van der Waals surface area contributed by atoms with Crippen LogP contribution in [0.3, 0.4) is 0 Å². The number of amides is 2. The van der Waals surface area contributed by atoms with Crippen molar-refractivity contribution in [2.75, 3.05) is 19.5 Å². The maximum atomic E-state index is 13.4. The third-order valence-electron chi connectivity index (χ3n) is 5.15. The summed E-state index contributed by atoms with van der Waals surface area (Å²) in [6.45, 7) is 0.135. The molecule has 32 heavy (non-hydrogen) atoms. The van der Waals surface area contributed by atoms with Crippen molar-refractivity contribution in [1.29, 1.82) is 0 Å². The third kappa shape index (κ3) is 4.18. The molecule has 1 heterocycles. The molecule has 1 aliphatic heterocycles. The summed E-state index contributed by atoms with van der Waals surface area (Å²) in [5.74, 6) is 0.404. The fourth-order valence-electron chi connectivity index (χ4n) is 3.53. The number of nitrogens with one attached hydrogen (secondary N) is 1. The predicted molar refractivity (Wildman–Crippen MR) is 124 cm³/mol. The molecule has 0 saturated heterocycles. The van der Waals surface area contributed by atoms with E-state index in [0.29, 0.717) is 33.3 Å². The Bertz CT molecular complexity index is 1190. The number of imide groups is 1. The standard InChI is InChI=1S/C25H21ClN2O4/c1-31-19-11-8-16(9-12-19)15-28-24(29)22(17-6-4-3-5-7-17)23(25(28)30)27-20-14-18(26)10-13-21(20)32-2/h3-14,27H,15H2,1-2H3. The number of rotatable bonds is 7. The van der Waals surface area contributed by atoms with Crippen molar-refractivity contribution < 1.29 is 19.1 Å². The van der Waals surface area contributed by atoms with Gasteiger partial charge in [0, 0.05) is 5.02 Å². The van der Waals surface area contributed by atoms with Crippen molar-refractivity contribution >= 4 is 34.7 Å². The number of hydrogen-bond acceptors (Lipinski definition) is 5. The van der Waals surface area contributed by atoms with Gasteiger partial charge in [-0.3, -0.25) is 14.5 Å². The molecule has 0 radical (unpaired) electrons. The number of ether oxygens (including phenoxy) is 2. The van der Waals surface area contributed by atoms with Gasteiger partial charge in [-0.15, -0.1) is 0 Å². The van der Waals surface area contributed by atoms with Crippen LogP contribution in [-0.4, -0.2) is 30.9 Å². The van der Waals surface area contributed by atoms with Gasteiger partial charge in [0.25, 0.3) is 11.8 Å². The highest BCUT2D eigenvalue weighted by atomic mass is 35.5. The van der Waals surface area contributed by atoms with Crippen molar-refractivity contribution in [2.24, 2.45) is 0 Å². The molecular formula is C25H21ClN2O4. The van der Waals surface area contributed by atoms with Crippen LogP contribution in [0, 0.1) is 0 Å². The molecule has 6 nitrogen and oxygen atoms in total. The first kappa shape index (κ1) is 21.5. The van der Waals surface area contributed by atoms with Crippen LogP contribution in [0.25, 0.3) is 5.57 Å². The number of carbonyl (C=O) groups excluding carboxylic acids is 2. The molecule has 0 saturated carbocycles. The molecule has 3 aromatic rings. The zero-order valence-electron chi connectivity index (χ0n) is 17.6. The maximum absolute atomic E-state index is 13.4. The summed E-state index contributed by atoms with van der Waals surface area (Å²) in [6.07, 6.45) is 0. The minimum absolute atomic E-state index is 0.135. The maximum Gasteiger partial charge on any atom is 0.278 e. The number of nitrogens with zero attached hydrogens (tertiary/aromatic N) is 1. The second kappa shape index (κ2) is 9.16. The van der Waals surface area contributed by atoms with Gasteiger partial charge in [0.2, 0.25) is 0 Å². The van der Waals surface area contributed by atoms with E-state index in [4.69, 9.17) is 21.1 Å². The van der Waals surface area contributed by atoms with Crippen LogP contribution in [-0.2, 0) is 16.1 Å². The fraction of sp³-hybridized carbons (Fsp3) is 0.120. The summed E-state index contributed by atoms with van der Waals surface area (Å²) < 4.78 is 10.6. The van der Waals surface area contributed by atoms with E-state index in [1.165, 1.54) is 12.0 Å². The Balaban J connectivity index is 1.73. The normalized spacial score (nSPS) is 13.5. The zero-order valence-corrected chi connectivity index (χ0v) is 18.3. The van der Waals surface area contributed by atoms with Crippen molar-refractivity contribution in [1.82, 2.24) is 4.90 Å². The van der Waals surface area contributed by atoms with E-state index in [-0.39, 0.29) is 18.1 Å². The second-order valence-electron chi connectivity index (χ2n) is 7.13. The molecule has 0 aliphatic carbocycles. The lowest BCUT2D eigenvalue weighted by atomic mass is 10.0. The van der Waals surface area contributed by atoms with Crippen molar-refractivity contribution in [3.05, 3.63) is 94.6 Å². The van der Waals surface area contributed by atoms with E-state index in [9.17, 15) is 9.59 Å². The average Bonchev–Trinajstić information content (AvgIpc) is 3.04. The Morgan fingerprint density at radius 2 is 1.59 bits per heavy atom. The van der Waals surface area contributed by atoms with Crippen LogP contribution < -0.4 is 14.8 Å². The van der Waals surface area contributed by atoms with E-state index in [1.807, 2.05) is 30.3 Å². The number of benzene rings is 3. The van der Waals surface area contributed by atoms with Gasteiger partial charge in [-0.2, -0.15) is 0 Å². The number of anilines is 1. The van der Waals surface area contributed by atoms with E-state index < -0.39 is 5.91 Å². The van der Waals surface area contributed by atoms with Gasteiger partial charge in [-0.05, 0) is 41.5 Å². The number of halogens is 1. The molecule has 162 valence electrons. The highest BCUT2D eigenvalue weighted by molar-refractivity contribution is 6.36. The van der Waals surface area contributed by atoms with Gasteiger partial charge in [-0.1, -0.05) is 54.1 Å². The van der Waals surface area contributed by atoms with Crippen molar-refractivity contribution in [3.63, 3.8) is 0 Å². The lowest BCUT2D eigenvalue weighted by molar-refractivity contribution is -0.137. The molecule has 0 atom stereocenters. The SMILES string of the molecule is COc1ccc(CN2C(=O)C(Nc3cc(Cl)ccc3OC)=C(c3ccccc3)C2=O)cc1. The average molecular weight is 449 g/mol. The van der Waals surface area contributed by atoms with Gasteiger partial charge >= 0.3 is 0 Å². The molecule has 0 bridgehead atoms. The molecule has 3 aromatic carbocycles.